The molecule has 1 saturated heterocycles. The summed E-state index contributed by atoms with van der Waals surface area (Å²) >= 11 is 7.26. The Balaban J connectivity index is 2.15. The Kier molecular flexibility index (Phi) is 2.56. The molecule has 0 saturated carbocycles. The van der Waals surface area contributed by atoms with Crippen molar-refractivity contribution >= 4 is 39.0 Å². The van der Waals surface area contributed by atoms with Gasteiger partial charge in [0.25, 0.3) is 0 Å². The summed E-state index contributed by atoms with van der Waals surface area (Å²) < 4.78 is 1.20. The maximum atomic E-state index is 3.45. The predicted molar refractivity (Wildman–Crippen MR) is 55.2 cm³/mol. The van der Waals surface area contributed by atoms with Gasteiger partial charge >= 0.3 is 0 Å². The summed E-state index contributed by atoms with van der Waals surface area (Å²) in [6.07, 6.45) is 0. The minimum absolute atomic E-state index is 0.548. The van der Waals surface area contributed by atoms with E-state index in [9.17, 15) is 0 Å². The van der Waals surface area contributed by atoms with Crippen molar-refractivity contribution in [1.29, 1.82) is 0 Å². The molecule has 2 heterocycles. The molecule has 0 aromatic carbocycles. The molecule has 0 spiro atoms. The number of thioether (sulfide) groups is 1. The number of hydrogen-bond acceptors (Lipinski definition) is 3. The minimum Gasteiger partial charge on any atom is -0.300 e. The molecule has 0 amide bonds. The molecule has 1 aliphatic heterocycles. The van der Waals surface area contributed by atoms with Gasteiger partial charge in [0.15, 0.2) is 0 Å². The van der Waals surface area contributed by atoms with Crippen molar-refractivity contribution in [2.24, 2.45) is 0 Å². The highest BCUT2D eigenvalue weighted by Gasteiger charge is 2.17. The van der Waals surface area contributed by atoms with E-state index in [1.807, 2.05) is 23.1 Å². The van der Waals surface area contributed by atoms with Gasteiger partial charge < -0.3 is 5.32 Å². The number of nitrogens with one attached hydrogen (secondary N) is 1. The lowest BCUT2D eigenvalue weighted by Gasteiger charge is -2.04. The van der Waals surface area contributed by atoms with Crippen molar-refractivity contribution in [3.05, 3.63) is 20.8 Å². The number of hydrogen-bond donors (Lipinski definition) is 1. The Morgan fingerprint density at radius 3 is 3.09 bits per heavy atom. The van der Waals surface area contributed by atoms with Crippen LogP contribution in [0.25, 0.3) is 0 Å². The van der Waals surface area contributed by atoms with E-state index in [-0.39, 0.29) is 0 Å². The molecule has 0 aliphatic carbocycles. The lowest BCUT2D eigenvalue weighted by molar-refractivity contribution is 0.761. The van der Waals surface area contributed by atoms with Crippen LogP contribution in [0, 0.1) is 0 Å². The molecule has 1 aromatic heterocycles. The highest BCUT2D eigenvalue weighted by Crippen LogP contribution is 2.34. The Bertz CT molecular complexity index is 242. The first-order valence-electron chi connectivity index (χ1n) is 3.45. The van der Waals surface area contributed by atoms with Crippen LogP contribution in [0.15, 0.2) is 15.9 Å². The van der Waals surface area contributed by atoms with Gasteiger partial charge in [-0.15, -0.1) is 23.1 Å². The minimum atomic E-state index is 0.548. The van der Waals surface area contributed by atoms with Crippen LogP contribution in [-0.4, -0.2) is 12.3 Å². The van der Waals surface area contributed by atoms with Crippen molar-refractivity contribution in [3.63, 3.8) is 0 Å². The molecule has 4 heteroatoms. The van der Waals surface area contributed by atoms with Gasteiger partial charge in [0.2, 0.25) is 0 Å². The SMILES string of the molecule is Brc1csc([C@H]2NCCS2)c1. The van der Waals surface area contributed by atoms with E-state index in [4.69, 9.17) is 0 Å². The van der Waals surface area contributed by atoms with Gasteiger partial charge in [-0.25, -0.2) is 0 Å². The summed E-state index contributed by atoms with van der Waals surface area (Å²) in [4.78, 5) is 1.43. The van der Waals surface area contributed by atoms with Crippen LogP contribution in [-0.2, 0) is 0 Å². The van der Waals surface area contributed by atoms with Crippen LogP contribution < -0.4 is 5.32 Å². The second kappa shape index (κ2) is 3.47. The quantitative estimate of drug-likeness (QED) is 0.822. The lowest BCUT2D eigenvalue weighted by Crippen LogP contribution is -2.10. The maximum absolute atomic E-state index is 3.45. The number of halogens is 1. The summed E-state index contributed by atoms with van der Waals surface area (Å²) in [6, 6.07) is 2.20. The fourth-order valence-corrected chi connectivity index (χ4v) is 3.78. The zero-order valence-corrected chi connectivity index (χ0v) is 9.06. The van der Waals surface area contributed by atoms with Gasteiger partial charge in [0.05, 0.1) is 5.37 Å². The first-order valence-corrected chi connectivity index (χ1v) is 6.17. The average Bonchev–Trinajstić information content (AvgIpc) is 2.55. The van der Waals surface area contributed by atoms with E-state index < -0.39 is 0 Å². The second-order valence-corrected chi connectivity index (χ2v) is 5.44. The van der Waals surface area contributed by atoms with Crippen LogP contribution in [0.5, 0.6) is 0 Å². The van der Waals surface area contributed by atoms with Crippen molar-refractivity contribution in [2.75, 3.05) is 12.3 Å². The van der Waals surface area contributed by atoms with Gasteiger partial charge in [-0.1, -0.05) is 0 Å². The normalized spacial score (nSPS) is 24.3. The first kappa shape index (κ1) is 8.10. The van der Waals surface area contributed by atoms with E-state index in [0.29, 0.717) is 5.37 Å². The topological polar surface area (TPSA) is 12.0 Å². The van der Waals surface area contributed by atoms with E-state index in [1.165, 1.54) is 15.1 Å². The van der Waals surface area contributed by atoms with Gasteiger partial charge in [0, 0.05) is 27.0 Å². The fraction of sp³-hybridized carbons (Fsp3) is 0.429. The van der Waals surface area contributed by atoms with Gasteiger partial charge in [0.1, 0.15) is 0 Å². The molecule has 1 fully saturated rings. The van der Waals surface area contributed by atoms with Crippen LogP contribution in [0.2, 0.25) is 0 Å². The van der Waals surface area contributed by atoms with E-state index in [2.05, 4.69) is 32.7 Å². The van der Waals surface area contributed by atoms with Crippen LogP contribution in [0.4, 0.5) is 0 Å². The molecule has 1 nitrogen and oxygen atoms in total. The third kappa shape index (κ3) is 1.80. The Labute approximate surface area is 82.7 Å². The monoisotopic (exact) mass is 249 g/mol. The Morgan fingerprint density at radius 2 is 2.55 bits per heavy atom. The highest BCUT2D eigenvalue weighted by molar-refractivity contribution is 9.10. The number of rotatable bonds is 1. The van der Waals surface area contributed by atoms with Gasteiger partial charge in [-0.3, -0.25) is 0 Å². The number of thiophene rings is 1. The summed E-state index contributed by atoms with van der Waals surface area (Å²) in [5.41, 5.74) is 0. The molecule has 0 radical (unpaired) electrons. The van der Waals surface area contributed by atoms with Crippen molar-refractivity contribution < 1.29 is 0 Å². The van der Waals surface area contributed by atoms with Crippen molar-refractivity contribution in [1.82, 2.24) is 5.32 Å². The Hall–Kier alpha value is 0.490. The van der Waals surface area contributed by atoms with E-state index in [0.717, 1.165) is 6.54 Å². The second-order valence-electron chi connectivity index (χ2n) is 2.37. The van der Waals surface area contributed by atoms with Crippen LogP contribution >= 0.6 is 39.0 Å². The lowest BCUT2D eigenvalue weighted by atomic mass is 10.4. The summed E-state index contributed by atoms with van der Waals surface area (Å²) in [6.45, 7) is 1.14. The Morgan fingerprint density at radius 1 is 1.64 bits per heavy atom. The molecule has 2 rings (SSSR count). The summed E-state index contributed by atoms with van der Waals surface area (Å²) in [5, 5.41) is 6.12. The molecule has 1 aromatic rings. The average molecular weight is 250 g/mol. The molecule has 60 valence electrons. The highest BCUT2D eigenvalue weighted by atomic mass is 79.9. The molecule has 0 unspecified atom stereocenters. The van der Waals surface area contributed by atoms with Crippen molar-refractivity contribution in [3.8, 4) is 0 Å². The molecular formula is C7H8BrNS2. The van der Waals surface area contributed by atoms with Crippen molar-refractivity contribution in [2.45, 2.75) is 5.37 Å². The maximum Gasteiger partial charge on any atom is 0.0883 e. The van der Waals surface area contributed by atoms with Crippen LogP contribution in [0.1, 0.15) is 10.3 Å². The van der Waals surface area contributed by atoms with E-state index >= 15 is 0 Å². The van der Waals surface area contributed by atoms with Gasteiger partial charge in [-0.05, 0) is 22.0 Å². The molecule has 1 aliphatic rings. The van der Waals surface area contributed by atoms with E-state index in [1.54, 1.807) is 0 Å². The van der Waals surface area contributed by atoms with Crippen LogP contribution in [0.3, 0.4) is 0 Å². The zero-order valence-electron chi connectivity index (χ0n) is 5.84. The molecule has 11 heavy (non-hydrogen) atoms. The standard InChI is InChI=1S/C7H8BrNS2/c8-5-3-6(11-4-5)7-9-1-2-10-7/h3-4,7,9H,1-2H2/t7-/m0/s1. The predicted octanol–water partition coefficient (Wildman–Crippen LogP) is 2.85. The van der Waals surface area contributed by atoms with Gasteiger partial charge in [-0.2, -0.15) is 0 Å². The fourth-order valence-electron chi connectivity index (χ4n) is 1.07. The summed E-state index contributed by atoms with van der Waals surface area (Å²) in [5.74, 6) is 1.24. The third-order valence-corrected chi connectivity index (χ3v) is 4.66. The molecule has 1 atom stereocenters. The molecule has 1 N–H and O–H groups in total. The summed E-state index contributed by atoms with van der Waals surface area (Å²) in [7, 11) is 0. The zero-order chi connectivity index (χ0) is 7.68. The molecule has 0 bridgehead atoms. The first-order chi connectivity index (χ1) is 5.36. The molecular weight excluding hydrogens is 242 g/mol. The third-order valence-electron chi connectivity index (χ3n) is 1.56. The smallest absolute Gasteiger partial charge is 0.0883 e. The largest absolute Gasteiger partial charge is 0.300 e.